The predicted molar refractivity (Wildman–Crippen MR) is 50.4 cm³/mol. The van der Waals surface area contributed by atoms with Crippen molar-refractivity contribution < 1.29 is 0 Å². The highest BCUT2D eigenvalue weighted by atomic mass is 32.1. The van der Waals surface area contributed by atoms with E-state index in [0.717, 1.165) is 6.42 Å². The highest BCUT2D eigenvalue weighted by Crippen LogP contribution is 2.21. The quantitative estimate of drug-likeness (QED) is 0.457. The fraction of sp³-hybridized carbons (Fsp3) is 0.714. The van der Waals surface area contributed by atoms with E-state index in [4.69, 9.17) is 5.73 Å². The van der Waals surface area contributed by atoms with Crippen LogP contribution in [0.15, 0.2) is 5.10 Å². The van der Waals surface area contributed by atoms with E-state index in [1.807, 2.05) is 0 Å². The molecule has 3 nitrogen and oxygen atoms in total. The van der Waals surface area contributed by atoms with Crippen LogP contribution in [-0.4, -0.2) is 10.8 Å². The number of nitrogens with one attached hydrogen (secondary N) is 1. The summed E-state index contributed by atoms with van der Waals surface area (Å²) in [5.74, 6) is 0.594. The minimum Gasteiger partial charge on any atom is -0.375 e. The molecule has 11 heavy (non-hydrogen) atoms. The summed E-state index contributed by atoms with van der Waals surface area (Å²) < 4.78 is 0. The summed E-state index contributed by atoms with van der Waals surface area (Å²) >= 11 is 4.63. The van der Waals surface area contributed by atoms with Crippen molar-refractivity contribution in [1.29, 1.82) is 0 Å². The third kappa shape index (κ3) is 2.46. The van der Waals surface area contributed by atoms with Gasteiger partial charge >= 0.3 is 0 Å². The molecule has 1 unspecified atom stereocenters. The fourth-order valence-corrected chi connectivity index (χ4v) is 1.34. The van der Waals surface area contributed by atoms with Crippen molar-refractivity contribution in [2.75, 3.05) is 0 Å². The Morgan fingerprint density at radius 1 is 1.82 bits per heavy atom. The van der Waals surface area contributed by atoms with Crippen LogP contribution in [0.4, 0.5) is 0 Å². The lowest BCUT2D eigenvalue weighted by Crippen LogP contribution is -2.25. The Bertz CT molecular complexity index is 188. The van der Waals surface area contributed by atoms with Gasteiger partial charge in [0.1, 0.15) is 0 Å². The monoisotopic (exact) mass is 171 g/mol. The molecule has 0 heterocycles. The van der Waals surface area contributed by atoms with Crippen LogP contribution in [0.1, 0.15) is 26.2 Å². The standard InChI is InChI=1S/C7H13N3S/c1-5-3-2-4-6(5)9-10-7(8)11/h5H,2-4H2,1H3,(H3,8,10,11)/b9-6+. The molecule has 1 saturated carbocycles. The first-order chi connectivity index (χ1) is 5.20. The second-order valence-corrected chi connectivity index (χ2v) is 3.31. The van der Waals surface area contributed by atoms with Gasteiger partial charge in [0.2, 0.25) is 0 Å². The molecule has 1 fully saturated rings. The largest absolute Gasteiger partial charge is 0.375 e. The molecule has 1 atom stereocenters. The first kappa shape index (κ1) is 8.46. The molecule has 0 aromatic rings. The average Bonchev–Trinajstić information content (AvgIpc) is 2.31. The van der Waals surface area contributed by atoms with E-state index >= 15 is 0 Å². The van der Waals surface area contributed by atoms with Gasteiger partial charge in [-0.15, -0.1) is 0 Å². The second kappa shape index (κ2) is 3.67. The zero-order valence-electron chi connectivity index (χ0n) is 6.63. The lowest BCUT2D eigenvalue weighted by atomic mass is 10.1. The molecule has 1 aliphatic rings. The Morgan fingerprint density at radius 3 is 3.00 bits per heavy atom. The van der Waals surface area contributed by atoms with Crippen molar-refractivity contribution in [2.45, 2.75) is 26.2 Å². The van der Waals surface area contributed by atoms with Gasteiger partial charge in [0.15, 0.2) is 5.11 Å². The minimum atomic E-state index is 0.247. The van der Waals surface area contributed by atoms with Crippen molar-refractivity contribution in [1.82, 2.24) is 5.43 Å². The van der Waals surface area contributed by atoms with Crippen molar-refractivity contribution in [2.24, 2.45) is 16.8 Å². The van der Waals surface area contributed by atoms with E-state index < -0.39 is 0 Å². The summed E-state index contributed by atoms with van der Waals surface area (Å²) in [6, 6.07) is 0. The van der Waals surface area contributed by atoms with Gasteiger partial charge in [-0.25, -0.2) is 0 Å². The summed E-state index contributed by atoms with van der Waals surface area (Å²) in [6.45, 7) is 2.17. The number of thiocarbonyl (C=S) groups is 1. The van der Waals surface area contributed by atoms with Crippen molar-refractivity contribution >= 4 is 23.0 Å². The highest BCUT2D eigenvalue weighted by molar-refractivity contribution is 7.80. The van der Waals surface area contributed by atoms with Gasteiger partial charge in [-0.05, 0) is 37.4 Å². The maximum atomic E-state index is 5.23. The van der Waals surface area contributed by atoms with Crippen LogP contribution >= 0.6 is 12.2 Å². The Morgan fingerprint density at radius 2 is 2.55 bits per heavy atom. The Kier molecular flexibility index (Phi) is 2.82. The molecule has 4 heteroatoms. The molecule has 3 N–H and O–H groups in total. The lowest BCUT2D eigenvalue weighted by molar-refractivity contribution is 0.725. The molecule has 0 amide bonds. The van der Waals surface area contributed by atoms with Crippen LogP contribution in [0.25, 0.3) is 0 Å². The first-order valence-corrected chi connectivity index (χ1v) is 4.23. The third-order valence-corrected chi connectivity index (χ3v) is 2.04. The molecular weight excluding hydrogens is 158 g/mol. The predicted octanol–water partition coefficient (Wildman–Crippen LogP) is 0.996. The van der Waals surface area contributed by atoms with Crippen LogP contribution in [0, 0.1) is 5.92 Å². The maximum absolute atomic E-state index is 5.23. The minimum absolute atomic E-state index is 0.247. The average molecular weight is 171 g/mol. The van der Waals surface area contributed by atoms with Gasteiger partial charge in [0, 0.05) is 5.71 Å². The van der Waals surface area contributed by atoms with Crippen molar-refractivity contribution in [3.8, 4) is 0 Å². The Balaban J connectivity index is 2.45. The molecule has 0 radical (unpaired) electrons. The van der Waals surface area contributed by atoms with E-state index in [2.05, 4.69) is 29.7 Å². The first-order valence-electron chi connectivity index (χ1n) is 3.82. The number of rotatable bonds is 1. The second-order valence-electron chi connectivity index (χ2n) is 2.87. The molecule has 1 rings (SSSR count). The molecule has 0 bridgehead atoms. The molecule has 62 valence electrons. The normalized spacial score (nSPS) is 27.4. The fourth-order valence-electron chi connectivity index (χ4n) is 1.30. The maximum Gasteiger partial charge on any atom is 0.184 e. The third-order valence-electron chi connectivity index (χ3n) is 1.95. The van der Waals surface area contributed by atoms with E-state index in [0.29, 0.717) is 5.92 Å². The summed E-state index contributed by atoms with van der Waals surface area (Å²) in [5, 5.41) is 4.35. The molecular formula is C7H13N3S. The summed E-state index contributed by atoms with van der Waals surface area (Å²) in [4.78, 5) is 0. The Hall–Kier alpha value is -0.640. The smallest absolute Gasteiger partial charge is 0.184 e. The summed E-state index contributed by atoms with van der Waals surface area (Å²) in [5.41, 5.74) is 9.04. The van der Waals surface area contributed by atoms with E-state index in [1.165, 1.54) is 18.6 Å². The zero-order valence-corrected chi connectivity index (χ0v) is 7.45. The van der Waals surface area contributed by atoms with Crippen LogP contribution in [0.5, 0.6) is 0 Å². The summed E-state index contributed by atoms with van der Waals surface area (Å²) in [7, 11) is 0. The van der Waals surface area contributed by atoms with Gasteiger partial charge in [0.25, 0.3) is 0 Å². The topological polar surface area (TPSA) is 50.4 Å². The number of hydrogen-bond acceptors (Lipinski definition) is 2. The molecule has 0 spiro atoms. The number of hydrogen-bond donors (Lipinski definition) is 2. The molecule has 0 aromatic heterocycles. The van der Waals surface area contributed by atoms with Gasteiger partial charge in [-0.2, -0.15) is 5.10 Å². The lowest BCUT2D eigenvalue weighted by Gasteiger charge is -2.02. The van der Waals surface area contributed by atoms with E-state index in [9.17, 15) is 0 Å². The van der Waals surface area contributed by atoms with Crippen LogP contribution in [0.2, 0.25) is 0 Å². The van der Waals surface area contributed by atoms with Gasteiger partial charge < -0.3 is 5.73 Å². The number of nitrogens with zero attached hydrogens (tertiary/aromatic N) is 1. The van der Waals surface area contributed by atoms with Gasteiger partial charge in [0.05, 0.1) is 0 Å². The molecule has 1 aliphatic carbocycles. The zero-order chi connectivity index (χ0) is 8.27. The number of nitrogens with two attached hydrogens (primary N) is 1. The SMILES string of the molecule is CC1CCC/C1=N\NC(N)=S. The van der Waals surface area contributed by atoms with Crippen LogP contribution in [0.3, 0.4) is 0 Å². The van der Waals surface area contributed by atoms with Crippen LogP contribution < -0.4 is 11.2 Å². The molecule has 0 aromatic carbocycles. The molecule has 0 aliphatic heterocycles. The highest BCUT2D eigenvalue weighted by Gasteiger charge is 2.17. The van der Waals surface area contributed by atoms with Gasteiger partial charge in [-0.1, -0.05) is 6.92 Å². The Labute approximate surface area is 72.0 Å². The van der Waals surface area contributed by atoms with E-state index in [1.54, 1.807) is 0 Å². The van der Waals surface area contributed by atoms with Crippen molar-refractivity contribution in [3.63, 3.8) is 0 Å². The van der Waals surface area contributed by atoms with Gasteiger partial charge in [-0.3, -0.25) is 5.43 Å². The van der Waals surface area contributed by atoms with Crippen molar-refractivity contribution in [3.05, 3.63) is 0 Å². The number of hydrazone groups is 1. The van der Waals surface area contributed by atoms with Crippen LogP contribution in [-0.2, 0) is 0 Å². The molecule has 0 saturated heterocycles. The van der Waals surface area contributed by atoms with E-state index in [-0.39, 0.29) is 5.11 Å². The summed E-state index contributed by atoms with van der Waals surface area (Å²) in [6.07, 6.45) is 3.55.